The first kappa shape index (κ1) is 17.6. The highest BCUT2D eigenvalue weighted by molar-refractivity contribution is 5.82. The molecule has 2 aromatic carbocycles. The first-order valence-corrected chi connectivity index (χ1v) is 8.16. The number of ether oxygens (including phenoxy) is 4. The predicted molar refractivity (Wildman–Crippen MR) is 98.1 cm³/mol. The number of rotatable bonds is 7. The number of H-pyrrole nitrogens is 1. The van der Waals surface area contributed by atoms with Gasteiger partial charge in [-0.1, -0.05) is 0 Å². The van der Waals surface area contributed by atoms with Gasteiger partial charge < -0.3 is 18.9 Å². The van der Waals surface area contributed by atoms with Crippen LogP contribution in [0.5, 0.6) is 23.0 Å². The van der Waals surface area contributed by atoms with Crippen LogP contribution in [0.15, 0.2) is 36.4 Å². The van der Waals surface area contributed by atoms with Gasteiger partial charge in [0.25, 0.3) is 0 Å². The van der Waals surface area contributed by atoms with Gasteiger partial charge in [-0.25, -0.2) is 0 Å². The highest BCUT2D eigenvalue weighted by Gasteiger charge is 2.20. The number of methoxy groups -OCH3 is 3. The molecule has 0 aliphatic heterocycles. The Kier molecular flexibility index (Phi) is 5.26. The van der Waals surface area contributed by atoms with Gasteiger partial charge in [0.1, 0.15) is 22.9 Å². The molecule has 0 saturated heterocycles. The monoisotopic (exact) mass is 355 g/mol. The molecule has 1 N–H and O–H groups in total. The summed E-state index contributed by atoms with van der Waals surface area (Å²) in [5, 5.41) is 11.3. The van der Waals surface area contributed by atoms with Crippen LogP contribution in [-0.4, -0.2) is 43.3 Å². The molecule has 7 nitrogen and oxygen atoms in total. The van der Waals surface area contributed by atoms with Crippen molar-refractivity contribution in [1.82, 2.24) is 15.4 Å². The van der Waals surface area contributed by atoms with E-state index in [1.807, 2.05) is 37.3 Å². The van der Waals surface area contributed by atoms with Crippen molar-refractivity contribution in [2.75, 3.05) is 27.9 Å². The van der Waals surface area contributed by atoms with E-state index in [0.717, 1.165) is 16.9 Å². The van der Waals surface area contributed by atoms with Crippen molar-refractivity contribution < 1.29 is 18.9 Å². The third kappa shape index (κ3) is 3.28. The lowest BCUT2D eigenvalue weighted by atomic mass is 10.0. The number of aromatic nitrogens is 3. The van der Waals surface area contributed by atoms with Gasteiger partial charge in [0.2, 0.25) is 0 Å². The molecule has 0 saturated carbocycles. The molecule has 0 aliphatic carbocycles. The Morgan fingerprint density at radius 2 is 1.42 bits per heavy atom. The van der Waals surface area contributed by atoms with E-state index in [2.05, 4.69) is 15.4 Å². The molecule has 1 aromatic heterocycles. The molecule has 136 valence electrons. The van der Waals surface area contributed by atoms with Gasteiger partial charge >= 0.3 is 0 Å². The smallest absolute Gasteiger partial charge is 0.164 e. The highest BCUT2D eigenvalue weighted by atomic mass is 16.5. The van der Waals surface area contributed by atoms with E-state index in [-0.39, 0.29) is 0 Å². The largest absolute Gasteiger partial charge is 0.496 e. The standard InChI is InChI=1S/C19H21N3O4/c1-5-26-13-8-6-12(7-9-13)18-19(21-22-20-18)14-10-16(24-3)17(25-4)11-15(14)23-2/h6-11H,5H2,1-4H3,(H,20,21,22). The molecule has 0 bridgehead atoms. The van der Waals surface area contributed by atoms with E-state index < -0.39 is 0 Å². The molecule has 0 amide bonds. The molecule has 3 rings (SSSR count). The van der Waals surface area contributed by atoms with Crippen LogP contribution in [0.4, 0.5) is 0 Å². The summed E-state index contributed by atoms with van der Waals surface area (Å²) in [5.74, 6) is 2.59. The Morgan fingerprint density at radius 1 is 0.808 bits per heavy atom. The molecule has 3 aromatic rings. The van der Waals surface area contributed by atoms with Gasteiger partial charge in [-0.2, -0.15) is 15.4 Å². The van der Waals surface area contributed by atoms with Crippen LogP contribution in [-0.2, 0) is 0 Å². The van der Waals surface area contributed by atoms with Crippen LogP contribution in [0, 0.1) is 0 Å². The molecule has 0 aliphatic rings. The van der Waals surface area contributed by atoms with Crippen molar-refractivity contribution in [2.24, 2.45) is 0 Å². The maximum atomic E-state index is 5.52. The Hall–Kier alpha value is -3.22. The summed E-state index contributed by atoms with van der Waals surface area (Å²) in [6, 6.07) is 11.3. The second-order valence-electron chi connectivity index (χ2n) is 5.39. The molecule has 0 fully saturated rings. The maximum absolute atomic E-state index is 5.52. The maximum Gasteiger partial charge on any atom is 0.164 e. The molecule has 1 heterocycles. The SMILES string of the molecule is CCOc1ccc(-c2n[nH]nc2-c2cc(OC)c(OC)cc2OC)cc1. The Labute approximate surface area is 151 Å². The Balaban J connectivity index is 2.08. The molecular formula is C19H21N3O4. The molecule has 0 atom stereocenters. The van der Waals surface area contributed by atoms with Gasteiger partial charge in [0, 0.05) is 11.6 Å². The van der Waals surface area contributed by atoms with Crippen LogP contribution < -0.4 is 18.9 Å². The van der Waals surface area contributed by atoms with E-state index in [1.54, 1.807) is 27.4 Å². The first-order valence-electron chi connectivity index (χ1n) is 8.16. The van der Waals surface area contributed by atoms with Crippen LogP contribution in [0.25, 0.3) is 22.5 Å². The topological polar surface area (TPSA) is 78.5 Å². The van der Waals surface area contributed by atoms with E-state index in [0.29, 0.717) is 35.2 Å². The second kappa shape index (κ2) is 7.77. The highest BCUT2D eigenvalue weighted by Crippen LogP contribution is 2.41. The molecule has 0 spiro atoms. The van der Waals surface area contributed by atoms with Crippen LogP contribution >= 0.6 is 0 Å². The summed E-state index contributed by atoms with van der Waals surface area (Å²) in [5.41, 5.74) is 3.03. The fourth-order valence-electron chi connectivity index (χ4n) is 2.71. The summed E-state index contributed by atoms with van der Waals surface area (Å²) >= 11 is 0. The Morgan fingerprint density at radius 3 is 2.04 bits per heavy atom. The lowest BCUT2D eigenvalue weighted by Crippen LogP contribution is -1.96. The first-order chi connectivity index (χ1) is 12.7. The third-order valence-electron chi connectivity index (χ3n) is 3.95. The van der Waals surface area contributed by atoms with Crippen molar-refractivity contribution in [3.8, 4) is 45.5 Å². The zero-order valence-electron chi connectivity index (χ0n) is 15.2. The minimum Gasteiger partial charge on any atom is -0.496 e. The summed E-state index contributed by atoms with van der Waals surface area (Å²) in [6.07, 6.45) is 0. The molecule has 26 heavy (non-hydrogen) atoms. The van der Waals surface area contributed by atoms with Crippen molar-refractivity contribution in [1.29, 1.82) is 0 Å². The fourth-order valence-corrected chi connectivity index (χ4v) is 2.71. The van der Waals surface area contributed by atoms with E-state index >= 15 is 0 Å². The average Bonchev–Trinajstić information content (AvgIpc) is 3.17. The molecule has 0 unspecified atom stereocenters. The van der Waals surface area contributed by atoms with Crippen molar-refractivity contribution in [2.45, 2.75) is 6.92 Å². The Bertz CT molecular complexity index is 875. The lowest BCUT2D eigenvalue weighted by molar-refractivity contribution is 0.340. The van der Waals surface area contributed by atoms with E-state index in [9.17, 15) is 0 Å². The zero-order valence-corrected chi connectivity index (χ0v) is 15.2. The summed E-state index contributed by atoms with van der Waals surface area (Å²) in [7, 11) is 4.77. The average molecular weight is 355 g/mol. The van der Waals surface area contributed by atoms with E-state index in [4.69, 9.17) is 18.9 Å². The van der Waals surface area contributed by atoms with Gasteiger partial charge in [-0.15, -0.1) is 0 Å². The summed E-state index contributed by atoms with van der Waals surface area (Å²) in [6.45, 7) is 2.57. The second-order valence-corrected chi connectivity index (χ2v) is 5.39. The number of benzene rings is 2. The predicted octanol–water partition coefficient (Wildman–Crippen LogP) is 3.56. The van der Waals surface area contributed by atoms with Gasteiger partial charge in [0.15, 0.2) is 11.5 Å². The van der Waals surface area contributed by atoms with Crippen molar-refractivity contribution in [3.05, 3.63) is 36.4 Å². The van der Waals surface area contributed by atoms with Crippen LogP contribution in [0.2, 0.25) is 0 Å². The minimum absolute atomic E-state index is 0.583. The number of aromatic amines is 1. The van der Waals surface area contributed by atoms with Crippen molar-refractivity contribution in [3.63, 3.8) is 0 Å². The fraction of sp³-hybridized carbons (Fsp3) is 0.263. The lowest BCUT2D eigenvalue weighted by Gasteiger charge is -2.13. The zero-order chi connectivity index (χ0) is 18.5. The number of hydrogen-bond donors (Lipinski definition) is 1. The molecule has 7 heteroatoms. The third-order valence-corrected chi connectivity index (χ3v) is 3.95. The van der Waals surface area contributed by atoms with Gasteiger partial charge in [-0.3, -0.25) is 0 Å². The normalized spacial score (nSPS) is 10.5. The van der Waals surface area contributed by atoms with Crippen LogP contribution in [0.3, 0.4) is 0 Å². The number of nitrogens with one attached hydrogen (secondary N) is 1. The van der Waals surface area contributed by atoms with Crippen LogP contribution in [0.1, 0.15) is 6.92 Å². The number of hydrogen-bond acceptors (Lipinski definition) is 6. The minimum atomic E-state index is 0.583. The summed E-state index contributed by atoms with van der Waals surface area (Å²) in [4.78, 5) is 0. The summed E-state index contributed by atoms with van der Waals surface area (Å²) < 4.78 is 21.8. The molecule has 0 radical (unpaired) electrons. The van der Waals surface area contributed by atoms with E-state index in [1.165, 1.54) is 0 Å². The van der Waals surface area contributed by atoms with Crippen molar-refractivity contribution >= 4 is 0 Å². The molecular weight excluding hydrogens is 334 g/mol. The quantitative estimate of drug-likeness (QED) is 0.698. The number of nitrogens with zero attached hydrogens (tertiary/aromatic N) is 2. The van der Waals surface area contributed by atoms with Gasteiger partial charge in [0.05, 0.1) is 33.5 Å². The van der Waals surface area contributed by atoms with Gasteiger partial charge in [-0.05, 0) is 37.3 Å².